The van der Waals surface area contributed by atoms with E-state index in [1.54, 1.807) is 0 Å². The Hall–Kier alpha value is -3.41. The average Bonchev–Trinajstić information content (AvgIpc) is 3.47. The molecule has 0 bridgehead atoms. The molecule has 0 amide bonds. The van der Waals surface area contributed by atoms with Crippen LogP contribution in [-0.2, 0) is 28.6 Å². The first-order valence-corrected chi connectivity index (χ1v) is 35.6. The van der Waals surface area contributed by atoms with E-state index >= 15 is 0 Å². The van der Waals surface area contributed by atoms with Crippen molar-refractivity contribution >= 4 is 17.9 Å². The van der Waals surface area contributed by atoms with Gasteiger partial charge in [0.1, 0.15) is 13.2 Å². The third kappa shape index (κ3) is 67.4. The molecule has 0 aromatic carbocycles. The Morgan fingerprint density at radius 2 is 0.476 bits per heavy atom. The van der Waals surface area contributed by atoms with Crippen molar-refractivity contribution in [1.82, 2.24) is 0 Å². The van der Waals surface area contributed by atoms with E-state index in [1.807, 2.05) is 0 Å². The summed E-state index contributed by atoms with van der Waals surface area (Å²) in [4.78, 5) is 38.4. The first kappa shape index (κ1) is 78.6. The van der Waals surface area contributed by atoms with E-state index in [4.69, 9.17) is 14.2 Å². The summed E-state index contributed by atoms with van der Waals surface area (Å²) in [6.45, 7) is 6.54. The highest BCUT2D eigenvalue weighted by Gasteiger charge is 2.19. The van der Waals surface area contributed by atoms with E-state index in [0.29, 0.717) is 19.3 Å². The number of rotatable bonds is 65. The van der Waals surface area contributed by atoms with Gasteiger partial charge in [-0.15, -0.1) is 0 Å². The minimum Gasteiger partial charge on any atom is -0.462 e. The molecule has 0 spiro atoms. The van der Waals surface area contributed by atoms with Gasteiger partial charge in [0.05, 0.1) is 0 Å². The van der Waals surface area contributed by atoms with Crippen LogP contribution in [0.15, 0.2) is 85.1 Å². The summed E-state index contributed by atoms with van der Waals surface area (Å²) in [7, 11) is 0. The molecule has 474 valence electrons. The summed E-state index contributed by atoms with van der Waals surface area (Å²) < 4.78 is 17.0. The van der Waals surface area contributed by atoms with Crippen LogP contribution in [0.1, 0.15) is 361 Å². The van der Waals surface area contributed by atoms with Crippen LogP contribution < -0.4 is 0 Å². The monoisotopic (exact) mass is 1140 g/mol. The number of ether oxygens (including phenoxy) is 3. The molecule has 82 heavy (non-hydrogen) atoms. The van der Waals surface area contributed by atoms with Gasteiger partial charge in [-0.25, -0.2) is 0 Å². The van der Waals surface area contributed by atoms with Crippen LogP contribution in [-0.4, -0.2) is 37.2 Å². The first-order chi connectivity index (χ1) is 40.5. The number of hydrogen-bond acceptors (Lipinski definition) is 6. The van der Waals surface area contributed by atoms with Crippen LogP contribution in [0.25, 0.3) is 0 Å². The molecule has 0 saturated carbocycles. The van der Waals surface area contributed by atoms with E-state index in [-0.39, 0.29) is 31.1 Å². The summed E-state index contributed by atoms with van der Waals surface area (Å²) in [5.41, 5.74) is 0. The maximum absolute atomic E-state index is 12.9. The smallest absolute Gasteiger partial charge is 0.306 e. The van der Waals surface area contributed by atoms with Crippen molar-refractivity contribution in [3.8, 4) is 0 Å². The molecule has 1 unspecified atom stereocenters. The second-order valence-electron chi connectivity index (χ2n) is 23.8. The number of carbonyl (C=O) groups excluding carboxylic acids is 3. The van der Waals surface area contributed by atoms with Crippen LogP contribution in [0.5, 0.6) is 0 Å². The lowest BCUT2D eigenvalue weighted by Crippen LogP contribution is -2.30. The molecule has 0 N–H and O–H groups in total. The average molecular weight is 1140 g/mol. The van der Waals surface area contributed by atoms with Crippen LogP contribution in [0.3, 0.4) is 0 Å². The predicted molar refractivity (Wildman–Crippen MR) is 358 cm³/mol. The fraction of sp³-hybridized carbons (Fsp3) is 0.776. The topological polar surface area (TPSA) is 78.9 Å². The highest BCUT2D eigenvalue weighted by atomic mass is 16.6. The van der Waals surface area contributed by atoms with Crippen molar-refractivity contribution < 1.29 is 28.6 Å². The van der Waals surface area contributed by atoms with Gasteiger partial charge in [-0.2, -0.15) is 0 Å². The summed E-state index contributed by atoms with van der Waals surface area (Å²) in [6.07, 6.45) is 93.3. The Labute approximate surface area is 509 Å². The lowest BCUT2D eigenvalue weighted by atomic mass is 10.0. The van der Waals surface area contributed by atoms with Gasteiger partial charge < -0.3 is 14.2 Å². The quantitative estimate of drug-likeness (QED) is 0.0261. The summed E-state index contributed by atoms with van der Waals surface area (Å²) in [5, 5.41) is 0. The van der Waals surface area contributed by atoms with Gasteiger partial charge in [0, 0.05) is 19.3 Å². The van der Waals surface area contributed by atoms with Gasteiger partial charge in [-0.1, -0.05) is 331 Å². The molecule has 0 rings (SSSR count). The molecule has 6 heteroatoms. The molecule has 0 heterocycles. The molecule has 0 saturated heterocycles. The molecule has 0 fully saturated rings. The fourth-order valence-electron chi connectivity index (χ4n) is 10.3. The zero-order valence-corrected chi connectivity index (χ0v) is 54.5. The standard InChI is InChI=1S/C76H134O6/c1-4-7-10-13-16-19-22-25-28-30-31-32-33-34-35-36-37-38-39-40-41-42-43-44-45-46-49-51-54-57-60-63-66-69-75(78)81-72-73(71-80-74(77)68-65-62-59-56-53-50-47-27-24-21-18-15-12-9-6-3)82-76(79)70-67-64-61-58-55-52-48-29-26-23-20-17-14-11-8-5-2/h7,10,16,18-19,21,25,27-28,31-32,34-35,47,73H,4-6,8-9,11-15,17,20,22-24,26,29-30,33,36-46,48-72H2,1-3H3/b10-7-,19-16-,21-18-,28-25-,32-31-,35-34-,47-27-. The zero-order valence-electron chi connectivity index (χ0n) is 54.5. The molecular formula is C76H134O6. The second kappa shape index (κ2) is 70.1. The Morgan fingerprint density at radius 3 is 0.768 bits per heavy atom. The third-order valence-electron chi connectivity index (χ3n) is 15.6. The van der Waals surface area contributed by atoms with Crippen LogP contribution in [0.2, 0.25) is 0 Å². The molecule has 0 aliphatic carbocycles. The Balaban J connectivity index is 4.18. The SMILES string of the molecule is CC/C=C\C/C=C\C/C=C\C/C=C\C/C=C\CCCCCCCCCCCCCCCCCCCC(=O)OCC(COC(=O)CCCCCCC/C=C\C/C=C\CCCCC)OC(=O)CCCCCCCCCCCCCCCCCC. The highest BCUT2D eigenvalue weighted by molar-refractivity contribution is 5.71. The number of esters is 3. The number of allylic oxidation sites excluding steroid dienone is 14. The van der Waals surface area contributed by atoms with Gasteiger partial charge in [-0.05, 0) is 96.3 Å². The van der Waals surface area contributed by atoms with Crippen molar-refractivity contribution in [2.24, 2.45) is 0 Å². The third-order valence-corrected chi connectivity index (χ3v) is 15.6. The Kier molecular flexibility index (Phi) is 67.2. The molecule has 6 nitrogen and oxygen atoms in total. The Bertz CT molecular complexity index is 1550. The maximum Gasteiger partial charge on any atom is 0.306 e. The minimum absolute atomic E-state index is 0.0754. The van der Waals surface area contributed by atoms with Crippen LogP contribution in [0, 0.1) is 0 Å². The summed E-state index contributed by atoms with van der Waals surface area (Å²) >= 11 is 0. The molecule has 0 radical (unpaired) electrons. The van der Waals surface area contributed by atoms with Crippen molar-refractivity contribution in [1.29, 1.82) is 0 Å². The van der Waals surface area contributed by atoms with E-state index in [0.717, 1.165) is 109 Å². The van der Waals surface area contributed by atoms with Crippen molar-refractivity contribution in [2.45, 2.75) is 367 Å². The molecule has 0 aromatic heterocycles. The molecule has 1 atom stereocenters. The fourth-order valence-corrected chi connectivity index (χ4v) is 10.3. The highest BCUT2D eigenvalue weighted by Crippen LogP contribution is 2.18. The van der Waals surface area contributed by atoms with Gasteiger partial charge in [0.2, 0.25) is 0 Å². The van der Waals surface area contributed by atoms with Gasteiger partial charge in [0.15, 0.2) is 6.10 Å². The summed E-state index contributed by atoms with van der Waals surface area (Å²) in [5.74, 6) is -0.868. The van der Waals surface area contributed by atoms with Crippen LogP contribution >= 0.6 is 0 Å². The number of unbranched alkanes of at least 4 members (excludes halogenated alkanes) is 40. The van der Waals surface area contributed by atoms with E-state index in [1.165, 1.54) is 212 Å². The number of carbonyl (C=O) groups is 3. The van der Waals surface area contributed by atoms with E-state index in [2.05, 4.69) is 106 Å². The van der Waals surface area contributed by atoms with Crippen LogP contribution in [0.4, 0.5) is 0 Å². The second-order valence-corrected chi connectivity index (χ2v) is 23.8. The zero-order chi connectivity index (χ0) is 59.2. The van der Waals surface area contributed by atoms with E-state index < -0.39 is 6.10 Å². The minimum atomic E-state index is -0.780. The maximum atomic E-state index is 12.9. The lowest BCUT2D eigenvalue weighted by Gasteiger charge is -2.18. The predicted octanol–water partition coefficient (Wildman–Crippen LogP) is 24.6. The van der Waals surface area contributed by atoms with Crippen molar-refractivity contribution in [3.63, 3.8) is 0 Å². The molecule has 0 aliphatic rings. The lowest BCUT2D eigenvalue weighted by molar-refractivity contribution is -0.167. The molecule has 0 aromatic rings. The van der Waals surface area contributed by atoms with E-state index in [9.17, 15) is 14.4 Å². The molecule has 0 aliphatic heterocycles. The van der Waals surface area contributed by atoms with Crippen molar-refractivity contribution in [3.05, 3.63) is 85.1 Å². The van der Waals surface area contributed by atoms with Crippen molar-refractivity contribution in [2.75, 3.05) is 13.2 Å². The normalized spacial score (nSPS) is 12.6. The van der Waals surface area contributed by atoms with Gasteiger partial charge in [0.25, 0.3) is 0 Å². The largest absolute Gasteiger partial charge is 0.462 e. The first-order valence-electron chi connectivity index (χ1n) is 35.6. The number of hydrogen-bond donors (Lipinski definition) is 0. The van der Waals surface area contributed by atoms with Gasteiger partial charge >= 0.3 is 17.9 Å². The Morgan fingerprint density at radius 1 is 0.256 bits per heavy atom. The summed E-state index contributed by atoms with van der Waals surface area (Å²) in [6, 6.07) is 0. The van der Waals surface area contributed by atoms with Gasteiger partial charge in [-0.3, -0.25) is 14.4 Å². The molecular weight excluding hydrogens is 1010 g/mol.